The fourth-order valence-corrected chi connectivity index (χ4v) is 2.19. The molecule has 0 aliphatic carbocycles. The van der Waals surface area contributed by atoms with Gasteiger partial charge in [-0.25, -0.2) is 4.98 Å². The highest BCUT2D eigenvalue weighted by atomic mass is 35.5. The first-order chi connectivity index (χ1) is 9.54. The number of aromatic nitrogens is 2. The smallest absolute Gasteiger partial charge is 0.321 e. The van der Waals surface area contributed by atoms with E-state index in [1.54, 1.807) is 11.8 Å². The topological polar surface area (TPSA) is 72.2 Å². The monoisotopic (exact) mass is 292 g/mol. The van der Waals surface area contributed by atoms with E-state index in [0.29, 0.717) is 6.54 Å². The summed E-state index contributed by atoms with van der Waals surface area (Å²) in [5.74, 6) is 0.209. The third-order valence-electron chi connectivity index (χ3n) is 2.83. The lowest BCUT2D eigenvalue weighted by atomic mass is 10.2. The van der Waals surface area contributed by atoms with Crippen LogP contribution in [-0.2, 0) is 0 Å². The average Bonchev–Trinajstić information content (AvgIpc) is 2.39. The molecule has 1 aromatic heterocycles. The third kappa shape index (κ3) is 2.70. The number of halogens is 1. The Balaban J connectivity index is 2.63. The Morgan fingerprint density at radius 3 is 2.50 bits per heavy atom. The van der Waals surface area contributed by atoms with Crippen molar-refractivity contribution in [2.45, 2.75) is 13.8 Å². The number of benzene rings is 1. The Hall–Kier alpha value is -2.21. The zero-order valence-corrected chi connectivity index (χ0v) is 11.8. The highest BCUT2D eigenvalue weighted by molar-refractivity contribution is 6.28. The molecule has 104 valence electrons. The molecule has 6 nitrogen and oxygen atoms in total. The van der Waals surface area contributed by atoms with Crippen LogP contribution in [0, 0.1) is 17.0 Å². The van der Waals surface area contributed by atoms with E-state index in [1.165, 1.54) is 0 Å². The van der Waals surface area contributed by atoms with Crippen LogP contribution in [0.5, 0.6) is 0 Å². The van der Waals surface area contributed by atoms with Crippen molar-refractivity contribution in [3.8, 4) is 0 Å². The van der Waals surface area contributed by atoms with E-state index in [1.807, 2.05) is 37.3 Å². The number of nitro groups is 1. The first-order valence-corrected chi connectivity index (χ1v) is 6.43. The van der Waals surface area contributed by atoms with Gasteiger partial charge in [-0.05, 0) is 37.6 Å². The molecule has 2 rings (SSSR count). The van der Waals surface area contributed by atoms with Crippen molar-refractivity contribution in [1.82, 2.24) is 9.97 Å². The minimum absolute atomic E-state index is 0.00233. The number of para-hydroxylation sites is 1. The number of nitrogens with zero attached hydrogens (tertiary/aromatic N) is 4. The van der Waals surface area contributed by atoms with Crippen LogP contribution in [0.2, 0.25) is 5.28 Å². The number of hydrogen-bond acceptors (Lipinski definition) is 5. The molecule has 2 aromatic rings. The van der Waals surface area contributed by atoms with Gasteiger partial charge in [-0.15, -0.1) is 0 Å². The number of hydrogen-bond donors (Lipinski definition) is 0. The number of anilines is 2. The molecule has 0 fully saturated rings. The van der Waals surface area contributed by atoms with Crippen LogP contribution < -0.4 is 4.90 Å². The van der Waals surface area contributed by atoms with Crippen molar-refractivity contribution in [2.24, 2.45) is 0 Å². The Labute approximate surface area is 121 Å². The van der Waals surface area contributed by atoms with E-state index in [0.717, 1.165) is 5.69 Å². The summed E-state index contributed by atoms with van der Waals surface area (Å²) in [7, 11) is 0. The molecule has 0 spiro atoms. The van der Waals surface area contributed by atoms with Crippen LogP contribution in [-0.4, -0.2) is 21.4 Å². The fourth-order valence-electron chi connectivity index (χ4n) is 1.98. The Morgan fingerprint density at radius 1 is 1.30 bits per heavy atom. The molecule has 20 heavy (non-hydrogen) atoms. The predicted molar refractivity (Wildman–Crippen MR) is 77.6 cm³/mol. The fraction of sp³-hybridized carbons (Fsp3) is 0.231. The summed E-state index contributed by atoms with van der Waals surface area (Å²) in [5, 5.41) is 11.3. The van der Waals surface area contributed by atoms with Gasteiger partial charge >= 0.3 is 5.69 Å². The van der Waals surface area contributed by atoms with Crippen molar-refractivity contribution in [1.29, 1.82) is 0 Å². The van der Waals surface area contributed by atoms with Gasteiger partial charge < -0.3 is 4.90 Å². The predicted octanol–water partition coefficient (Wildman–Crippen LogP) is 3.50. The largest absolute Gasteiger partial charge is 0.333 e. The highest BCUT2D eigenvalue weighted by Gasteiger charge is 2.26. The third-order valence-corrected chi connectivity index (χ3v) is 3.00. The second-order valence-corrected chi connectivity index (χ2v) is 4.43. The second-order valence-electron chi connectivity index (χ2n) is 4.09. The molecule has 1 aromatic carbocycles. The van der Waals surface area contributed by atoms with Gasteiger partial charge in [0, 0.05) is 12.2 Å². The molecular weight excluding hydrogens is 280 g/mol. The van der Waals surface area contributed by atoms with Crippen LogP contribution in [0.1, 0.15) is 12.6 Å². The van der Waals surface area contributed by atoms with Crippen molar-refractivity contribution < 1.29 is 4.92 Å². The van der Waals surface area contributed by atoms with E-state index >= 15 is 0 Å². The lowest BCUT2D eigenvalue weighted by molar-refractivity contribution is -0.385. The van der Waals surface area contributed by atoms with Crippen LogP contribution in [0.3, 0.4) is 0 Å². The first kappa shape index (κ1) is 14.2. The molecule has 0 N–H and O–H groups in total. The maximum Gasteiger partial charge on any atom is 0.333 e. The van der Waals surface area contributed by atoms with Crippen molar-refractivity contribution >= 4 is 28.8 Å². The molecule has 0 saturated carbocycles. The molecule has 0 aliphatic rings. The molecule has 0 radical (unpaired) electrons. The van der Waals surface area contributed by atoms with E-state index < -0.39 is 4.92 Å². The quantitative estimate of drug-likeness (QED) is 0.490. The van der Waals surface area contributed by atoms with Gasteiger partial charge in [-0.3, -0.25) is 10.1 Å². The molecule has 0 amide bonds. The maximum atomic E-state index is 11.3. The molecule has 0 atom stereocenters. The van der Waals surface area contributed by atoms with Crippen LogP contribution >= 0.6 is 11.6 Å². The Bertz CT molecular complexity index is 634. The normalized spacial score (nSPS) is 10.3. The summed E-state index contributed by atoms with van der Waals surface area (Å²) >= 11 is 5.84. The molecule has 0 bridgehead atoms. The van der Waals surface area contributed by atoms with Gasteiger partial charge in [0.1, 0.15) is 5.69 Å². The van der Waals surface area contributed by atoms with E-state index in [-0.39, 0.29) is 22.5 Å². The maximum absolute atomic E-state index is 11.3. The zero-order valence-electron chi connectivity index (χ0n) is 11.1. The van der Waals surface area contributed by atoms with Gasteiger partial charge in [0.05, 0.1) is 4.92 Å². The van der Waals surface area contributed by atoms with Gasteiger partial charge in [-0.1, -0.05) is 18.2 Å². The van der Waals surface area contributed by atoms with Crippen LogP contribution in [0.25, 0.3) is 0 Å². The van der Waals surface area contributed by atoms with Gasteiger partial charge in [0.25, 0.3) is 0 Å². The number of aryl methyl sites for hydroxylation is 1. The first-order valence-electron chi connectivity index (χ1n) is 6.05. The minimum atomic E-state index is -0.480. The molecule has 7 heteroatoms. The van der Waals surface area contributed by atoms with E-state index in [2.05, 4.69) is 9.97 Å². The van der Waals surface area contributed by atoms with Crippen molar-refractivity contribution in [3.63, 3.8) is 0 Å². The lowest BCUT2D eigenvalue weighted by Gasteiger charge is -2.22. The highest BCUT2D eigenvalue weighted by Crippen LogP contribution is 2.34. The Morgan fingerprint density at radius 2 is 1.95 bits per heavy atom. The molecular formula is C13H13ClN4O2. The average molecular weight is 293 g/mol. The zero-order chi connectivity index (χ0) is 14.7. The summed E-state index contributed by atoms with van der Waals surface area (Å²) in [5.41, 5.74) is 0.937. The second kappa shape index (κ2) is 5.83. The standard InChI is InChI=1S/C13H13ClN4O2/c1-3-17(10-7-5-4-6-8-10)12-11(18(19)20)9(2)15-13(14)16-12/h4-8H,3H2,1-2H3. The van der Waals surface area contributed by atoms with E-state index in [9.17, 15) is 10.1 Å². The van der Waals surface area contributed by atoms with Crippen molar-refractivity contribution in [2.75, 3.05) is 11.4 Å². The summed E-state index contributed by atoms with van der Waals surface area (Å²) in [4.78, 5) is 20.4. The van der Waals surface area contributed by atoms with Crippen LogP contribution in [0.4, 0.5) is 17.2 Å². The molecule has 1 heterocycles. The summed E-state index contributed by atoms with van der Waals surface area (Å²) in [6.07, 6.45) is 0. The van der Waals surface area contributed by atoms with Gasteiger partial charge in [0.2, 0.25) is 11.1 Å². The lowest BCUT2D eigenvalue weighted by Crippen LogP contribution is -2.19. The molecule has 0 saturated heterocycles. The Kier molecular flexibility index (Phi) is 4.14. The number of rotatable bonds is 4. The van der Waals surface area contributed by atoms with E-state index in [4.69, 9.17) is 11.6 Å². The van der Waals surface area contributed by atoms with Crippen LogP contribution in [0.15, 0.2) is 30.3 Å². The summed E-state index contributed by atoms with van der Waals surface area (Å²) in [6.45, 7) is 3.97. The van der Waals surface area contributed by atoms with Crippen molar-refractivity contribution in [3.05, 3.63) is 51.4 Å². The molecule has 0 aliphatic heterocycles. The molecule has 0 unspecified atom stereocenters. The van der Waals surface area contributed by atoms with Gasteiger partial charge in [0.15, 0.2) is 0 Å². The minimum Gasteiger partial charge on any atom is -0.321 e. The summed E-state index contributed by atoms with van der Waals surface area (Å²) in [6, 6.07) is 9.32. The van der Waals surface area contributed by atoms with Gasteiger partial charge in [-0.2, -0.15) is 4.98 Å². The SMILES string of the molecule is CCN(c1ccccc1)c1nc(Cl)nc(C)c1[N+](=O)[O-]. The summed E-state index contributed by atoms with van der Waals surface area (Å²) < 4.78 is 0.